The molecule has 2 aliphatic heterocycles. The van der Waals surface area contributed by atoms with Crippen molar-refractivity contribution < 1.29 is 23.8 Å². The number of fused-ring (bicyclic) bond motifs is 1. The van der Waals surface area contributed by atoms with Crippen molar-refractivity contribution in [3.05, 3.63) is 58.1 Å². The van der Waals surface area contributed by atoms with E-state index in [4.69, 9.17) is 14.2 Å². The van der Waals surface area contributed by atoms with Gasteiger partial charge in [0.2, 0.25) is 0 Å². The lowest BCUT2D eigenvalue weighted by molar-refractivity contribution is -0.0233. The van der Waals surface area contributed by atoms with Crippen molar-refractivity contribution in [2.75, 3.05) is 26.8 Å². The van der Waals surface area contributed by atoms with Gasteiger partial charge in [0.05, 0.1) is 25.3 Å². The number of piperidine rings is 1. The molecule has 2 heterocycles. The van der Waals surface area contributed by atoms with Crippen LogP contribution in [0.1, 0.15) is 48.1 Å². The monoisotopic (exact) mass is 502 g/mol. The average molecular weight is 503 g/mol. The van der Waals surface area contributed by atoms with Gasteiger partial charge in [-0.15, -0.1) is 0 Å². The second-order valence-corrected chi connectivity index (χ2v) is 9.00. The zero-order valence-electron chi connectivity index (χ0n) is 18.2. The Labute approximate surface area is 196 Å². The Morgan fingerprint density at radius 3 is 2.69 bits per heavy atom. The van der Waals surface area contributed by atoms with Crippen LogP contribution in [-0.2, 0) is 4.74 Å². The molecule has 2 amide bonds. The maximum absolute atomic E-state index is 13.2. The number of hydrogen-bond donors (Lipinski definition) is 1. The van der Waals surface area contributed by atoms with Crippen LogP contribution in [0.3, 0.4) is 0 Å². The van der Waals surface area contributed by atoms with Gasteiger partial charge in [0, 0.05) is 42.4 Å². The van der Waals surface area contributed by atoms with Crippen LogP contribution in [0.25, 0.3) is 0 Å². The number of hydrogen-bond acceptors (Lipinski definition) is 5. The SMILES string of the molecule is CCOC(=O)N1CCC2(CC1)C[C@H](NC(=O)c1ccccc1OC)c1cc(Br)ccc1O2. The molecule has 0 saturated carbocycles. The van der Waals surface area contributed by atoms with Crippen molar-refractivity contribution in [2.24, 2.45) is 0 Å². The van der Waals surface area contributed by atoms with Gasteiger partial charge in [-0.25, -0.2) is 4.79 Å². The highest BCUT2D eigenvalue weighted by Crippen LogP contribution is 2.45. The van der Waals surface area contributed by atoms with Gasteiger partial charge in [0.25, 0.3) is 5.91 Å². The average Bonchev–Trinajstić information content (AvgIpc) is 2.80. The molecule has 4 rings (SSSR count). The van der Waals surface area contributed by atoms with Crippen LogP contribution in [0.5, 0.6) is 11.5 Å². The summed E-state index contributed by atoms with van der Waals surface area (Å²) >= 11 is 3.53. The highest BCUT2D eigenvalue weighted by Gasteiger charge is 2.44. The number of rotatable bonds is 4. The van der Waals surface area contributed by atoms with E-state index >= 15 is 0 Å². The second kappa shape index (κ2) is 9.40. The third-order valence-electron chi connectivity index (χ3n) is 6.11. The topological polar surface area (TPSA) is 77.1 Å². The zero-order valence-corrected chi connectivity index (χ0v) is 19.8. The summed E-state index contributed by atoms with van der Waals surface area (Å²) in [5.41, 5.74) is 0.966. The molecule has 170 valence electrons. The molecule has 7 nitrogen and oxygen atoms in total. The summed E-state index contributed by atoms with van der Waals surface area (Å²) in [7, 11) is 1.55. The Kier molecular flexibility index (Phi) is 6.60. The molecule has 1 N–H and O–H groups in total. The Bertz CT molecular complexity index is 1000. The lowest BCUT2D eigenvalue weighted by atomic mass is 9.80. The Hall–Kier alpha value is -2.74. The number of carbonyl (C=O) groups is 2. The molecular weight excluding hydrogens is 476 g/mol. The summed E-state index contributed by atoms with van der Waals surface area (Å²) in [5, 5.41) is 3.19. The van der Waals surface area contributed by atoms with Crippen LogP contribution in [0.2, 0.25) is 0 Å². The highest BCUT2D eigenvalue weighted by molar-refractivity contribution is 9.10. The summed E-state index contributed by atoms with van der Waals surface area (Å²) in [6.45, 7) is 3.27. The van der Waals surface area contributed by atoms with E-state index in [1.54, 1.807) is 31.1 Å². The third-order valence-corrected chi connectivity index (χ3v) is 6.60. The molecule has 1 fully saturated rings. The molecular formula is C24H27BrN2O5. The molecule has 8 heteroatoms. The lowest BCUT2D eigenvalue weighted by Crippen LogP contribution is -2.53. The maximum Gasteiger partial charge on any atom is 0.409 e. The van der Waals surface area contributed by atoms with E-state index in [-0.39, 0.29) is 18.0 Å². The summed E-state index contributed by atoms with van der Waals surface area (Å²) in [4.78, 5) is 27.0. The van der Waals surface area contributed by atoms with Crippen LogP contribution in [-0.4, -0.2) is 49.3 Å². The molecule has 0 aromatic heterocycles. The first-order valence-corrected chi connectivity index (χ1v) is 11.6. The maximum atomic E-state index is 13.2. The molecule has 1 atom stereocenters. The highest BCUT2D eigenvalue weighted by atomic mass is 79.9. The summed E-state index contributed by atoms with van der Waals surface area (Å²) in [5.74, 6) is 1.10. The second-order valence-electron chi connectivity index (χ2n) is 8.08. The normalized spacial score (nSPS) is 19.0. The molecule has 2 aromatic rings. The van der Waals surface area contributed by atoms with Gasteiger partial charge in [-0.2, -0.15) is 0 Å². The number of halogens is 1. The number of benzene rings is 2. The van der Waals surface area contributed by atoms with Gasteiger partial charge in [0.15, 0.2) is 0 Å². The van der Waals surface area contributed by atoms with E-state index in [0.29, 0.717) is 50.3 Å². The van der Waals surface area contributed by atoms with E-state index in [9.17, 15) is 9.59 Å². The number of likely N-dealkylation sites (tertiary alicyclic amines) is 1. The predicted molar refractivity (Wildman–Crippen MR) is 123 cm³/mol. The third kappa shape index (κ3) is 4.55. The molecule has 0 unspecified atom stereocenters. The molecule has 1 spiro atoms. The minimum Gasteiger partial charge on any atom is -0.496 e. The Morgan fingerprint density at radius 1 is 1.22 bits per heavy atom. The smallest absolute Gasteiger partial charge is 0.409 e. The van der Waals surface area contributed by atoms with Gasteiger partial charge >= 0.3 is 6.09 Å². The quantitative estimate of drug-likeness (QED) is 0.655. The summed E-state index contributed by atoms with van der Waals surface area (Å²) < 4.78 is 17.9. The molecule has 32 heavy (non-hydrogen) atoms. The number of methoxy groups -OCH3 is 1. The molecule has 2 aliphatic rings. The first-order chi connectivity index (χ1) is 15.4. The molecule has 0 aliphatic carbocycles. The zero-order chi connectivity index (χ0) is 22.7. The summed E-state index contributed by atoms with van der Waals surface area (Å²) in [6.07, 6.45) is 1.67. The van der Waals surface area contributed by atoms with Crippen molar-refractivity contribution in [3.8, 4) is 11.5 Å². The lowest BCUT2D eigenvalue weighted by Gasteiger charge is -2.46. The largest absolute Gasteiger partial charge is 0.496 e. The van der Waals surface area contributed by atoms with Crippen LogP contribution >= 0.6 is 15.9 Å². The molecule has 2 aromatic carbocycles. The van der Waals surface area contributed by atoms with Gasteiger partial charge in [-0.3, -0.25) is 4.79 Å². The Morgan fingerprint density at radius 2 is 1.97 bits per heavy atom. The van der Waals surface area contributed by atoms with E-state index in [2.05, 4.69) is 21.2 Å². The molecule has 1 saturated heterocycles. The minimum absolute atomic E-state index is 0.195. The molecule has 0 radical (unpaired) electrons. The predicted octanol–water partition coefficient (Wildman–Crippen LogP) is 4.70. The van der Waals surface area contributed by atoms with Gasteiger partial charge in [0.1, 0.15) is 17.1 Å². The number of ether oxygens (including phenoxy) is 3. The minimum atomic E-state index is -0.456. The van der Waals surface area contributed by atoms with E-state index in [1.165, 1.54) is 0 Å². The number of carbonyl (C=O) groups excluding carboxylic acids is 2. The van der Waals surface area contributed by atoms with Crippen LogP contribution < -0.4 is 14.8 Å². The fourth-order valence-corrected chi connectivity index (χ4v) is 4.84. The van der Waals surface area contributed by atoms with E-state index < -0.39 is 5.60 Å². The van der Waals surface area contributed by atoms with Crippen LogP contribution in [0.15, 0.2) is 46.9 Å². The van der Waals surface area contributed by atoms with Crippen molar-refractivity contribution >= 4 is 27.9 Å². The number of para-hydroxylation sites is 1. The van der Waals surface area contributed by atoms with E-state index in [1.807, 2.05) is 30.3 Å². The fraction of sp³-hybridized carbons (Fsp3) is 0.417. The van der Waals surface area contributed by atoms with Crippen molar-refractivity contribution in [1.29, 1.82) is 0 Å². The summed E-state index contributed by atoms with van der Waals surface area (Å²) in [6, 6.07) is 12.8. The number of amides is 2. The Balaban J connectivity index is 1.57. The van der Waals surface area contributed by atoms with Gasteiger partial charge in [-0.1, -0.05) is 28.1 Å². The van der Waals surface area contributed by atoms with Gasteiger partial charge < -0.3 is 24.4 Å². The van der Waals surface area contributed by atoms with E-state index in [0.717, 1.165) is 15.8 Å². The first kappa shape index (κ1) is 22.5. The van der Waals surface area contributed by atoms with Crippen molar-refractivity contribution in [3.63, 3.8) is 0 Å². The van der Waals surface area contributed by atoms with Crippen molar-refractivity contribution in [1.82, 2.24) is 10.2 Å². The number of nitrogens with one attached hydrogen (secondary N) is 1. The van der Waals surface area contributed by atoms with Gasteiger partial charge in [-0.05, 0) is 37.3 Å². The standard InChI is InChI=1S/C24H27BrN2O5/c1-3-31-23(29)27-12-10-24(11-13-27)15-19(18-14-16(25)8-9-21(18)32-24)26-22(28)17-6-4-5-7-20(17)30-2/h4-9,14,19H,3,10-13,15H2,1-2H3,(H,26,28)/t19-/m0/s1. The van der Waals surface area contributed by atoms with Crippen LogP contribution in [0, 0.1) is 0 Å². The first-order valence-electron chi connectivity index (χ1n) is 10.8. The van der Waals surface area contributed by atoms with Crippen molar-refractivity contribution in [2.45, 2.75) is 37.8 Å². The fourth-order valence-electron chi connectivity index (χ4n) is 4.46. The van der Waals surface area contributed by atoms with Crippen LogP contribution in [0.4, 0.5) is 4.79 Å². The molecule has 0 bridgehead atoms. The number of nitrogens with zero attached hydrogens (tertiary/aromatic N) is 1.